The van der Waals surface area contributed by atoms with Crippen molar-refractivity contribution in [2.45, 2.75) is 25.9 Å². The Morgan fingerprint density at radius 3 is 1.30 bits per heavy atom. The van der Waals surface area contributed by atoms with Gasteiger partial charge in [-0.05, 0) is 94.0 Å². The van der Waals surface area contributed by atoms with Crippen molar-refractivity contribution in [1.29, 1.82) is 10.5 Å². The highest BCUT2D eigenvalue weighted by atomic mass is 16.7. The summed E-state index contributed by atoms with van der Waals surface area (Å²) in [4.78, 5) is 54.4. The van der Waals surface area contributed by atoms with Gasteiger partial charge in [-0.15, -0.1) is 0 Å². The fourth-order valence-electron chi connectivity index (χ4n) is 5.84. The van der Waals surface area contributed by atoms with Crippen LogP contribution in [0.3, 0.4) is 0 Å². The zero-order valence-electron chi connectivity index (χ0n) is 34.8. The molecule has 0 aliphatic rings. The van der Waals surface area contributed by atoms with Crippen molar-refractivity contribution in [3.05, 3.63) is 190 Å². The van der Waals surface area contributed by atoms with E-state index in [1.807, 2.05) is 72.8 Å². The fraction of sp³-hybridized carbons (Fsp3) is 0.125. The zero-order valence-corrected chi connectivity index (χ0v) is 34.8. The first-order valence-corrected chi connectivity index (χ1v) is 19.7. The molecule has 0 amide bonds. The number of methoxy groups -OCH3 is 2. The molecular formula is C48H42N10O6. The van der Waals surface area contributed by atoms with E-state index in [-0.39, 0.29) is 25.0 Å². The van der Waals surface area contributed by atoms with Gasteiger partial charge in [0.25, 0.3) is 0 Å². The van der Waals surface area contributed by atoms with E-state index in [0.29, 0.717) is 35.6 Å². The van der Waals surface area contributed by atoms with Crippen molar-refractivity contribution in [2.75, 3.05) is 24.9 Å². The SMILES string of the molecule is COc1ccc(Cc2cccnc2NC(=NCc2ccc(C#N)cc2)NOC(=O)/C=C\C(=O)ONC(=NCc2ccc(C#N)cc2)Nc2ncccc2Cc2ccc(OC)cc2)cc1. The Hall–Kier alpha value is -9.02. The number of nitrogens with zero attached hydrogens (tertiary/aromatic N) is 6. The van der Waals surface area contributed by atoms with E-state index in [9.17, 15) is 20.1 Å². The lowest BCUT2D eigenvalue weighted by Gasteiger charge is -2.14. The standard InChI is InChI=1S/C48H42N10O6/c1-61-41-19-15-33(16-20-41)27-39-5-3-25-51-45(39)55-47(53-31-37-11-7-35(29-49)8-12-37)57-63-43(59)23-24-44(60)64-58-48(54-32-38-13-9-36(30-50)10-14-38)56-46-40(6-4-26-52-46)28-34-17-21-42(62-2)22-18-34/h3-26H,27-28,31-32H2,1-2H3,(H2,51,53,55,57)(H2,52,54,56,58)/b24-23-. The first-order chi connectivity index (χ1) is 31.3. The van der Waals surface area contributed by atoms with Crippen LogP contribution in [0.15, 0.2) is 156 Å². The Morgan fingerprint density at radius 1 is 0.562 bits per heavy atom. The van der Waals surface area contributed by atoms with Gasteiger partial charge < -0.3 is 29.8 Å². The van der Waals surface area contributed by atoms with Crippen LogP contribution in [0.2, 0.25) is 0 Å². The zero-order chi connectivity index (χ0) is 44.9. The van der Waals surface area contributed by atoms with Gasteiger partial charge in [-0.2, -0.15) is 21.5 Å². The molecule has 4 aromatic carbocycles. The molecule has 6 rings (SSSR count). The summed E-state index contributed by atoms with van der Waals surface area (Å²) in [6, 6.07) is 40.7. The van der Waals surface area contributed by atoms with Crippen LogP contribution in [0.5, 0.6) is 11.5 Å². The van der Waals surface area contributed by atoms with Gasteiger partial charge in [0, 0.05) is 37.4 Å². The molecule has 6 aromatic rings. The van der Waals surface area contributed by atoms with Crippen LogP contribution in [0.1, 0.15) is 44.5 Å². The second kappa shape index (κ2) is 23.1. The number of carbonyl (C=O) groups excluding carboxylic acids is 2. The molecule has 0 bridgehead atoms. The average Bonchev–Trinajstić information content (AvgIpc) is 3.34. The van der Waals surface area contributed by atoms with Gasteiger partial charge >= 0.3 is 11.9 Å². The Morgan fingerprint density at radius 2 is 0.938 bits per heavy atom. The Balaban J connectivity index is 1.12. The molecule has 64 heavy (non-hydrogen) atoms. The number of nitriles is 2. The summed E-state index contributed by atoms with van der Waals surface area (Å²) >= 11 is 0. The lowest BCUT2D eigenvalue weighted by atomic mass is 10.1. The molecular weight excluding hydrogens is 813 g/mol. The third-order valence-corrected chi connectivity index (χ3v) is 9.22. The van der Waals surface area contributed by atoms with Crippen molar-refractivity contribution in [3.8, 4) is 23.6 Å². The lowest BCUT2D eigenvalue weighted by molar-refractivity contribution is -0.144. The maximum atomic E-state index is 12.9. The molecule has 0 atom stereocenters. The van der Waals surface area contributed by atoms with E-state index in [0.717, 1.165) is 57.0 Å². The van der Waals surface area contributed by atoms with E-state index in [1.165, 1.54) is 0 Å². The van der Waals surface area contributed by atoms with Gasteiger partial charge in [0.1, 0.15) is 23.1 Å². The van der Waals surface area contributed by atoms with Crippen LogP contribution < -0.4 is 31.1 Å². The minimum atomic E-state index is -0.950. The highest BCUT2D eigenvalue weighted by Crippen LogP contribution is 2.21. The number of carbonyl (C=O) groups is 2. The number of nitrogens with one attached hydrogen (secondary N) is 4. The Labute approximate surface area is 369 Å². The van der Waals surface area contributed by atoms with Crippen molar-refractivity contribution in [2.24, 2.45) is 9.98 Å². The summed E-state index contributed by atoms with van der Waals surface area (Å²) < 4.78 is 10.6. The molecule has 320 valence electrons. The Bertz CT molecular complexity index is 2500. The van der Waals surface area contributed by atoms with Crippen LogP contribution in [0.4, 0.5) is 11.6 Å². The fourth-order valence-corrected chi connectivity index (χ4v) is 5.84. The highest BCUT2D eigenvalue weighted by Gasteiger charge is 2.13. The minimum absolute atomic E-state index is 0.0418. The third-order valence-electron chi connectivity index (χ3n) is 9.22. The summed E-state index contributed by atoms with van der Waals surface area (Å²) in [6.07, 6.45) is 6.01. The van der Waals surface area contributed by atoms with Crippen molar-refractivity contribution < 1.29 is 28.7 Å². The number of hydrogen-bond donors (Lipinski definition) is 4. The lowest BCUT2D eigenvalue weighted by Crippen LogP contribution is -2.34. The first kappa shape index (κ1) is 44.5. The number of hydrogen-bond acceptors (Lipinski definition) is 12. The summed E-state index contributed by atoms with van der Waals surface area (Å²) in [5.74, 6) is 0.558. The molecule has 0 aliphatic heterocycles. The molecule has 0 radical (unpaired) electrons. The molecule has 2 aromatic heterocycles. The van der Waals surface area contributed by atoms with E-state index in [1.54, 1.807) is 75.1 Å². The van der Waals surface area contributed by atoms with Crippen LogP contribution in [0.25, 0.3) is 0 Å². The second-order valence-corrected chi connectivity index (χ2v) is 13.6. The van der Waals surface area contributed by atoms with Crippen LogP contribution in [0, 0.1) is 22.7 Å². The topological polar surface area (TPSA) is 217 Å². The van der Waals surface area contributed by atoms with E-state index in [4.69, 9.17) is 19.1 Å². The molecule has 0 unspecified atom stereocenters. The van der Waals surface area contributed by atoms with Gasteiger partial charge in [-0.3, -0.25) is 0 Å². The van der Waals surface area contributed by atoms with Crippen molar-refractivity contribution in [1.82, 2.24) is 20.9 Å². The Kier molecular flexibility index (Phi) is 16.1. The van der Waals surface area contributed by atoms with Gasteiger partial charge in [-0.1, -0.05) is 60.7 Å². The molecule has 4 N–H and O–H groups in total. The maximum absolute atomic E-state index is 12.9. The number of aromatic nitrogens is 2. The number of hydroxylamine groups is 2. The largest absolute Gasteiger partial charge is 0.497 e. The molecule has 0 fully saturated rings. The predicted octanol–water partition coefficient (Wildman–Crippen LogP) is 6.71. The molecule has 2 heterocycles. The number of anilines is 2. The van der Waals surface area contributed by atoms with E-state index >= 15 is 0 Å². The number of pyridine rings is 2. The summed E-state index contributed by atoms with van der Waals surface area (Å²) in [6.45, 7) is 0.301. The summed E-state index contributed by atoms with van der Waals surface area (Å²) in [5, 5.41) is 24.6. The molecule has 0 saturated heterocycles. The average molecular weight is 855 g/mol. The number of ether oxygens (including phenoxy) is 2. The van der Waals surface area contributed by atoms with Gasteiger partial charge in [-0.25, -0.2) is 29.5 Å². The first-order valence-electron chi connectivity index (χ1n) is 19.7. The van der Waals surface area contributed by atoms with Crippen LogP contribution in [-0.2, 0) is 45.2 Å². The maximum Gasteiger partial charge on any atom is 0.356 e. The minimum Gasteiger partial charge on any atom is -0.497 e. The quantitative estimate of drug-likeness (QED) is 0.0388. The van der Waals surface area contributed by atoms with Crippen molar-refractivity contribution in [3.63, 3.8) is 0 Å². The number of benzene rings is 4. The monoisotopic (exact) mass is 854 g/mol. The predicted molar refractivity (Wildman–Crippen MR) is 240 cm³/mol. The molecule has 16 nitrogen and oxygen atoms in total. The number of guanidine groups is 2. The van der Waals surface area contributed by atoms with Crippen molar-refractivity contribution >= 4 is 35.5 Å². The normalized spacial score (nSPS) is 11.1. The highest BCUT2D eigenvalue weighted by molar-refractivity contribution is 5.97. The number of rotatable bonds is 14. The smallest absolute Gasteiger partial charge is 0.356 e. The second-order valence-electron chi connectivity index (χ2n) is 13.6. The van der Waals surface area contributed by atoms with Crippen LogP contribution >= 0.6 is 0 Å². The van der Waals surface area contributed by atoms with E-state index in [2.05, 4.69) is 53.7 Å². The molecule has 0 saturated carbocycles. The van der Waals surface area contributed by atoms with Crippen LogP contribution in [-0.4, -0.2) is 48.0 Å². The third kappa shape index (κ3) is 13.8. The summed E-state index contributed by atoms with van der Waals surface area (Å²) in [7, 11) is 3.21. The summed E-state index contributed by atoms with van der Waals surface area (Å²) in [5.41, 5.74) is 11.3. The molecule has 16 heteroatoms. The number of aliphatic imine (C=N–C) groups is 2. The van der Waals surface area contributed by atoms with Gasteiger partial charge in [0.2, 0.25) is 11.9 Å². The van der Waals surface area contributed by atoms with E-state index < -0.39 is 11.9 Å². The van der Waals surface area contributed by atoms with Gasteiger partial charge in [0.05, 0.1) is 50.6 Å². The molecule has 0 aliphatic carbocycles. The van der Waals surface area contributed by atoms with Gasteiger partial charge in [0.15, 0.2) is 0 Å². The molecule has 0 spiro atoms.